The molecule has 0 radical (unpaired) electrons. The molecule has 1 aliphatic heterocycles. The van der Waals surface area contributed by atoms with Gasteiger partial charge in [-0.25, -0.2) is 4.79 Å². The second-order valence-electron chi connectivity index (χ2n) is 10.2. The molecule has 1 N–H and O–H groups in total. The molecule has 0 spiro atoms. The predicted octanol–water partition coefficient (Wildman–Crippen LogP) is 4.68. The molecule has 1 saturated heterocycles. The van der Waals surface area contributed by atoms with Crippen LogP contribution in [0.1, 0.15) is 54.4 Å². The highest BCUT2D eigenvalue weighted by atomic mass is 16.5. The number of aliphatic hydroxyl groups is 1. The summed E-state index contributed by atoms with van der Waals surface area (Å²) in [4.78, 5) is 27.8. The number of fused-ring (bicyclic) bond motifs is 2. The molecular formula is C29H33NO5. The first-order chi connectivity index (χ1) is 16.8. The van der Waals surface area contributed by atoms with E-state index < -0.39 is 11.2 Å². The Morgan fingerprint density at radius 3 is 2.83 bits per heavy atom. The number of piperidine rings is 1. The lowest BCUT2D eigenvalue weighted by molar-refractivity contribution is -0.142. The number of hydrogen-bond donors (Lipinski definition) is 1. The van der Waals surface area contributed by atoms with Crippen molar-refractivity contribution in [3.8, 4) is 5.75 Å². The molecule has 1 saturated carbocycles. The van der Waals surface area contributed by atoms with Gasteiger partial charge >= 0.3 is 5.63 Å². The number of carbonyl (C=O) groups excluding carboxylic acids is 1. The summed E-state index contributed by atoms with van der Waals surface area (Å²) >= 11 is 0. The maximum Gasteiger partial charge on any atom is 0.340 e. The van der Waals surface area contributed by atoms with Crippen LogP contribution < -0.4 is 10.4 Å². The van der Waals surface area contributed by atoms with Gasteiger partial charge in [0.25, 0.3) is 0 Å². The molecule has 6 nitrogen and oxygen atoms in total. The lowest BCUT2D eigenvalue weighted by atomic mass is 9.71. The number of aryl methyl sites for hydroxylation is 2. The monoisotopic (exact) mass is 475 g/mol. The van der Waals surface area contributed by atoms with Crippen molar-refractivity contribution in [2.75, 3.05) is 13.1 Å². The maximum atomic E-state index is 13.1. The summed E-state index contributed by atoms with van der Waals surface area (Å²) in [7, 11) is 0. The third-order valence-corrected chi connectivity index (χ3v) is 8.02. The Morgan fingerprint density at radius 1 is 1.17 bits per heavy atom. The highest BCUT2D eigenvalue weighted by Gasteiger charge is 2.43. The Morgan fingerprint density at radius 2 is 2.00 bits per heavy atom. The summed E-state index contributed by atoms with van der Waals surface area (Å²) < 4.78 is 11.6. The number of ether oxygens (including phenoxy) is 1. The van der Waals surface area contributed by atoms with E-state index in [9.17, 15) is 14.7 Å². The molecule has 2 aromatic carbocycles. The Hall–Kier alpha value is -3.12. The van der Waals surface area contributed by atoms with Crippen molar-refractivity contribution in [3.63, 3.8) is 0 Å². The van der Waals surface area contributed by atoms with Gasteiger partial charge in [0.2, 0.25) is 5.91 Å². The van der Waals surface area contributed by atoms with E-state index in [4.69, 9.17) is 9.15 Å². The quantitative estimate of drug-likeness (QED) is 0.542. The van der Waals surface area contributed by atoms with Crippen molar-refractivity contribution < 1.29 is 19.1 Å². The normalized spacial score (nSPS) is 22.1. The van der Waals surface area contributed by atoms with Gasteiger partial charge < -0.3 is 19.2 Å². The topological polar surface area (TPSA) is 80.0 Å². The van der Waals surface area contributed by atoms with Crippen LogP contribution in [0, 0.1) is 19.8 Å². The smallest absolute Gasteiger partial charge is 0.340 e. The minimum absolute atomic E-state index is 0.0147. The standard InChI is InChI=1S/C29H33NO5/c1-19-7-3-4-8-21(19)18-34-23-10-11-24-20(2)25(28(32)35-26(24)15-23)16-27(31)30-14-13-29(33)12-6-5-9-22(29)17-30/h3-4,7-8,10-11,15,22,33H,5-6,9,12-14,16-18H2,1-2H3. The number of nitrogens with zero attached hydrogens (tertiary/aromatic N) is 1. The highest BCUT2D eigenvalue weighted by molar-refractivity contribution is 5.85. The molecule has 35 heavy (non-hydrogen) atoms. The van der Waals surface area contributed by atoms with Crippen LogP contribution in [-0.4, -0.2) is 34.6 Å². The first kappa shape index (κ1) is 23.6. The molecule has 2 fully saturated rings. The fraction of sp³-hybridized carbons (Fsp3) is 0.448. The molecule has 5 rings (SSSR count). The number of benzene rings is 2. The average molecular weight is 476 g/mol. The Kier molecular flexibility index (Phi) is 6.41. The van der Waals surface area contributed by atoms with E-state index in [-0.39, 0.29) is 18.2 Å². The Labute approximate surface area is 205 Å². The van der Waals surface area contributed by atoms with Gasteiger partial charge in [-0.15, -0.1) is 0 Å². The van der Waals surface area contributed by atoms with Gasteiger partial charge in [-0.05, 0) is 61.9 Å². The van der Waals surface area contributed by atoms with Crippen LogP contribution in [0.25, 0.3) is 11.0 Å². The number of rotatable bonds is 5. The fourth-order valence-electron chi connectivity index (χ4n) is 5.66. The summed E-state index contributed by atoms with van der Waals surface area (Å²) in [6, 6.07) is 13.5. The summed E-state index contributed by atoms with van der Waals surface area (Å²) in [5.41, 5.74) is 2.77. The summed E-state index contributed by atoms with van der Waals surface area (Å²) in [6.07, 6.45) is 4.55. The van der Waals surface area contributed by atoms with Crippen LogP contribution in [0.5, 0.6) is 5.75 Å². The van der Waals surface area contributed by atoms with Gasteiger partial charge in [0.15, 0.2) is 0 Å². The van der Waals surface area contributed by atoms with Crippen molar-refractivity contribution in [3.05, 3.63) is 75.1 Å². The van der Waals surface area contributed by atoms with Gasteiger partial charge in [-0.2, -0.15) is 0 Å². The summed E-state index contributed by atoms with van der Waals surface area (Å²) in [6.45, 7) is 5.44. The van der Waals surface area contributed by atoms with E-state index >= 15 is 0 Å². The summed E-state index contributed by atoms with van der Waals surface area (Å²) in [5.74, 6) is 0.673. The van der Waals surface area contributed by atoms with Crippen molar-refractivity contribution in [1.29, 1.82) is 0 Å². The highest BCUT2D eigenvalue weighted by Crippen LogP contribution is 2.40. The average Bonchev–Trinajstić information content (AvgIpc) is 2.85. The minimum Gasteiger partial charge on any atom is -0.489 e. The molecular weight excluding hydrogens is 442 g/mol. The number of likely N-dealkylation sites (tertiary alicyclic amines) is 1. The Bertz CT molecular complexity index is 1310. The predicted molar refractivity (Wildman–Crippen MR) is 135 cm³/mol. The second-order valence-corrected chi connectivity index (χ2v) is 10.2. The molecule has 2 heterocycles. The third-order valence-electron chi connectivity index (χ3n) is 8.02. The first-order valence-electron chi connectivity index (χ1n) is 12.6. The zero-order valence-electron chi connectivity index (χ0n) is 20.5. The molecule has 0 bridgehead atoms. The largest absolute Gasteiger partial charge is 0.489 e. The van der Waals surface area contributed by atoms with E-state index in [1.165, 1.54) is 0 Å². The van der Waals surface area contributed by atoms with E-state index in [0.29, 0.717) is 43.0 Å². The SMILES string of the molecule is Cc1ccccc1COc1ccc2c(C)c(CC(=O)N3CCC4(O)CCCCC4C3)c(=O)oc2c1. The molecule has 2 unspecified atom stereocenters. The third kappa shape index (κ3) is 4.72. The maximum absolute atomic E-state index is 13.1. The molecule has 1 aliphatic carbocycles. The number of amides is 1. The van der Waals surface area contributed by atoms with Crippen LogP contribution in [-0.2, 0) is 17.8 Å². The van der Waals surface area contributed by atoms with Crippen molar-refractivity contribution in [1.82, 2.24) is 4.90 Å². The molecule has 184 valence electrons. The van der Waals surface area contributed by atoms with Crippen LogP contribution in [0.2, 0.25) is 0 Å². The van der Waals surface area contributed by atoms with Crippen molar-refractivity contribution >= 4 is 16.9 Å². The van der Waals surface area contributed by atoms with Crippen molar-refractivity contribution in [2.24, 2.45) is 5.92 Å². The van der Waals surface area contributed by atoms with E-state index in [1.807, 2.05) is 55.1 Å². The van der Waals surface area contributed by atoms with E-state index in [2.05, 4.69) is 0 Å². The van der Waals surface area contributed by atoms with Gasteiger partial charge in [-0.1, -0.05) is 37.1 Å². The molecule has 2 aliphatic rings. The Balaban J connectivity index is 1.32. The lowest BCUT2D eigenvalue weighted by Crippen LogP contribution is -2.55. The molecule has 6 heteroatoms. The van der Waals surface area contributed by atoms with Crippen LogP contribution in [0.15, 0.2) is 51.7 Å². The summed E-state index contributed by atoms with van der Waals surface area (Å²) in [5, 5.41) is 11.7. The molecule has 2 atom stereocenters. The molecule has 3 aromatic rings. The van der Waals surface area contributed by atoms with Gasteiger partial charge in [0, 0.05) is 30.5 Å². The van der Waals surface area contributed by atoms with Crippen LogP contribution in [0.4, 0.5) is 0 Å². The second kappa shape index (κ2) is 9.50. The zero-order valence-corrected chi connectivity index (χ0v) is 20.5. The van der Waals surface area contributed by atoms with Crippen molar-refractivity contribution in [2.45, 2.75) is 64.6 Å². The zero-order chi connectivity index (χ0) is 24.6. The molecule has 1 aromatic heterocycles. The van der Waals surface area contributed by atoms with Gasteiger partial charge in [-0.3, -0.25) is 4.79 Å². The van der Waals surface area contributed by atoms with E-state index in [1.54, 1.807) is 6.07 Å². The van der Waals surface area contributed by atoms with Gasteiger partial charge in [0.1, 0.15) is 17.9 Å². The minimum atomic E-state index is -0.633. The van der Waals surface area contributed by atoms with Crippen LogP contribution >= 0.6 is 0 Å². The van der Waals surface area contributed by atoms with E-state index in [0.717, 1.165) is 47.8 Å². The fourth-order valence-corrected chi connectivity index (χ4v) is 5.66. The lowest BCUT2D eigenvalue weighted by Gasteiger charge is -2.47. The molecule has 1 amide bonds. The first-order valence-corrected chi connectivity index (χ1v) is 12.6. The van der Waals surface area contributed by atoms with Crippen LogP contribution in [0.3, 0.4) is 0 Å². The number of hydrogen-bond acceptors (Lipinski definition) is 5. The number of carbonyl (C=O) groups is 1. The van der Waals surface area contributed by atoms with Gasteiger partial charge in [0.05, 0.1) is 17.6 Å².